The maximum atomic E-state index is 12.7. The van der Waals surface area contributed by atoms with Crippen LogP contribution in [0.3, 0.4) is 0 Å². The first-order chi connectivity index (χ1) is 17.4. The van der Waals surface area contributed by atoms with E-state index in [4.69, 9.17) is 4.74 Å². The van der Waals surface area contributed by atoms with E-state index in [9.17, 15) is 15.2 Å². The molecule has 3 aromatic rings. The largest absolute Gasteiger partial charge is 0.395 e. The van der Waals surface area contributed by atoms with Gasteiger partial charge in [0.05, 0.1) is 23.9 Å². The highest BCUT2D eigenvalue weighted by Gasteiger charge is 2.35. The average molecular weight is 488 g/mol. The molecule has 5 rings (SSSR count). The van der Waals surface area contributed by atoms with Gasteiger partial charge in [0.15, 0.2) is 5.69 Å². The van der Waals surface area contributed by atoms with Crippen molar-refractivity contribution in [1.82, 2.24) is 25.1 Å². The van der Waals surface area contributed by atoms with E-state index in [1.54, 1.807) is 30.1 Å². The number of hydrogen-bond donors (Lipinski definition) is 3. The Morgan fingerprint density at radius 2 is 2.14 bits per heavy atom. The lowest BCUT2D eigenvalue weighted by molar-refractivity contribution is 0.0694. The molecule has 1 saturated heterocycles. The molecule has 186 valence electrons. The summed E-state index contributed by atoms with van der Waals surface area (Å²) in [4.78, 5) is 21.6. The van der Waals surface area contributed by atoms with E-state index in [1.807, 2.05) is 19.1 Å². The van der Waals surface area contributed by atoms with Crippen LogP contribution in [-0.4, -0.2) is 56.6 Å². The Morgan fingerprint density at radius 3 is 2.89 bits per heavy atom. The first-order valence-electron chi connectivity index (χ1n) is 12.1. The summed E-state index contributed by atoms with van der Waals surface area (Å²) in [6, 6.07) is 9.71. The summed E-state index contributed by atoms with van der Waals surface area (Å²) >= 11 is 0. The third-order valence-electron chi connectivity index (χ3n) is 7.16. The van der Waals surface area contributed by atoms with Gasteiger partial charge in [0.2, 0.25) is 5.95 Å². The van der Waals surface area contributed by atoms with Crippen LogP contribution in [0, 0.1) is 11.3 Å². The van der Waals surface area contributed by atoms with Gasteiger partial charge in [-0.05, 0) is 55.0 Å². The van der Waals surface area contributed by atoms with Gasteiger partial charge < -0.3 is 20.5 Å². The number of ether oxygens (including phenoxy) is 1. The Hall–Kier alpha value is -3.81. The normalized spacial score (nSPS) is 19.5. The van der Waals surface area contributed by atoms with E-state index < -0.39 is 0 Å². The average Bonchev–Trinajstić information content (AvgIpc) is 3.44. The number of nitrogens with zero attached hydrogens (tertiary/aromatic N) is 5. The second-order valence-electron chi connectivity index (χ2n) is 9.67. The molecule has 0 saturated carbocycles. The fourth-order valence-corrected chi connectivity index (χ4v) is 4.92. The van der Waals surface area contributed by atoms with E-state index in [-0.39, 0.29) is 24.0 Å². The molecular weight excluding hydrogens is 458 g/mol. The molecule has 3 N–H and O–H groups in total. The SMILES string of the molecule is Cn1nc(C(=O)NC2CCOCC2)cc1Nc1nccc(-c2cc(C#N)c3c(c2)C(C)(CO)CC3)n1. The number of fused-ring (bicyclic) bond motifs is 1. The van der Waals surface area contributed by atoms with Gasteiger partial charge in [-0.15, -0.1) is 0 Å². The number of benzene rings is 1. The lowest BCUT2D eigenvalue weighted by atomic mass is 9.83. The Kier molecular flexibility index (Phi) is 6.43. The van der Waals surface area contributed by atoms with Crippen LogP contribution in [0.5, 0.6) is 0 Å². The number of rotatable bonds is 6. The maximum absolute atomic E-state index is 12.7. The Labute approximate surface area is 209 Å². The van der Waals surface area contributed by atoms with Crippen molar-refractivity contribution in [2.24, 2.45) is 7.05 Å². The molecule has 10 nitrogen and oxygen atoms in total. The molecule has 10 heteroatoms. The van der Waals surface area contributed by atoms with Crippen molar-refractivity contribution >= 4 is 17.7 Å². The number of nitrogens with one attached hydrogen (secondary N) is 2. The van der Waals surface area contributed by atoms with E-state index in [1.165, 1.54) is 0 Å². The maximum Gasteiger partial charge on any atom is 0.272 e. The second kappa shape index (κ2) is 9.68. The van der Waals surface area contributed by atoms with Gasteiger partial charge in [-0.25, -0.2) is 9.97 Å². The number of amides is 1. The van der Waals surface area contributed by atoms with Crippen LogP contribution >= 0.6 is 0 Å². The molecule has 1 atom stereocenters. The summed E-state index contributed by atoms with van der Waals surface area (Å²) in [5, 5.41) is 30.2. The number of aliphatic hydroxyl groups is 1. The third-order valence-corrected chi connectivity index (χ3v) is 7.16. The van der Waals surface area contributed by atoms with Crippen molar-refractivity contribution in [2.45, 2.75) is 44.1 Å². The number of carbonyl (C=O) groups is 1. The summed E-state index contributed by atoms with van der Waals surface area (Å²) in [5.74, 6) is 0.689. The van der Waals surface area contributed by atoms with Crippen LogP contribution in [0.15, 0.2) is 30.5 Å². The monoisotopic (exact) mass is 487 g/mol. The van der Waals surface area contributed by atoms with Crippen LogP contribution in [0.25, 0.3) is 11.3 Å². The molecule has 1 amide bonds. The number of anilines is 2. The van der Waals surface area contributed by atoms with E-state index >= 15 is 0 Å². The first kappa shape index (κ1) is 23.9. The number of aryl methyl sites for hydroxylation is 1. The lowest BCUT2D eigenvalue weighted by Gasteiger charge is -2.23. The molecular formula is C26H29N7O3. The number of nitriles is 1. The van der Waals surface area contributed by atoms with Gasteiger partial charge in [-0.3, -0.25) is 9.48 Å². The number of aromatic nitrogens is 4. The first-order valence-corrected chi connectivity index (χ1v) is 12.1. The van der Waals surface area contributed by atoms with Crippen molar-refractivity contribution < 1.29 is 14.6 Å². The van der Waals surface area contributed by atoms with Crippen LogP contribution in [0.2, 0.25) is 0 Å². The van der Waals surface area contributed by atoms with Gasteiger partial charge in [0, 0.05) is 49.5 Å². The fourth-order valence-electron chi connectivity index (χ4n) is 4.92. The van der Waals surface area contributed by atoms with Crippen LogP contribution in [0.1, 0.15) is 53.4 Å². The smallest absolute Gasteiger partial charge is 0.272 e. The van der Waals surface area contributed by atoms with Crippen molar-refractivity contribution in [1.29, 1.82) is 5.26 Å². The molecule has 3 heterocycles. The Morgan fingerprint density at radius 1 is 1.33 bits per heavy atom. The molecule has 36 heavy (non-hydrogen) atoms. The predicted octanol–water partition coefficient (Wildman–Crippen LogP) is 2.60. The molecule has 1 aliphatic carbocycles. The minimum absolute atomic E-state index is 0.0236. The summed E-state index contributed by atoms with van der Waals surface area (Å²) in [7, 11) is 1.74. The topological polar surface area (TPSA) is 138 Å². The second-order valence-corrected chi connectivity index (χ2v) is 9.67. The summed E-state index contributed by atoms with van der Waals surface area (Å²) in [6.45, 7) is 3.34. The minimum Gasteiger partial charge on any atom is -0.395 e. The fraction of sp³-hybridized carbons (Fsp3) is 0.423. The molecule has 0 radical (unpaired) electrons. The summed E-state index contributed by atoms with van der Waals surface area (Å²) in [6.07, 6.45) is 4.80. The summed E-state index contributed by atoms with van der Waals surface area (Å²) in [5.41, 5.74) is 3.99. The van der Waals surface area contributed by atoms with Crippen molar-refractivity contribution in [2.75, 3.05) is 25.1 Å². The lowest BCUT2D eigenvalue weighted by Crippen LogP contribution is -2.39. The number of hydrogen-bond acceptors (Lipinski definition) is 8. The van der Waals surface area contributed by atoms with Crippen LogP contribution in [-0.2, 0) is 23.6 Å². The molecule has 0 bridgehead atoms. The van der Waals surface area contributed by atoms with E-state index in [2.05, 4.69) is 31.8 Å². The van der Waals surface area contributed by atoms with Gasteiger partial charge in [0.1, 0.15) is 5.82 Å². The van der Waals surface area contributed by atoms with Crippen molar-refractivity contribution in [3.8, 4) is 17.3 Å². The number of aliphatic hydroxyl groups excluding tert-OH is 1. The van der Waals surface area contributed by atoms with E-state index in [0.717, 1.165) is 42.4 Å². The summed E-state index contributed by atoms with van der Waals surface area (Å²) < 4.78 is 6.92. The molecule has 0 spiro atoms. The highest BCUT2D eigenvalue weighted by Crippen LogP contribution is 2.42. The van der Waals surface area contributed by atoms with Crippen LogP contribution in [0.4, 0.5) is 11.8 Å². The van der Waals surface area contributed by atoms with Crippen LogP contribution < -0.4 is 10.6 Å². The molecule has 1 fully saturated rings. The van der Waals surface area contributed by atoms with Gasteiger partial charge in [-0.1, -0.05) is 6.92 Å². The zero-order valence-electron chi connectivity index (χ0n) is 20.4. The molecule has 1 aliphatic heterocycles. The zero-order chi connectivity index (χ0) is 25.3. The highest BCUT2D eigenvalue weighted by atomic mass is 16.5. The minimum atomic E-state index is -0.374. The molecule has 2 aromatic heterocycles. The quantitative estimate of drug-likeness (QED) is 0.482. The van der Waals surface area contributed by atoms with Gasteiger partial charge in [0.25, 0.3) is 5.91 Å². The van der Waals surface area contributed by atoms with E-state index in [0.29, 0.717) is 41.9 Å². The third kappa shape index (κ3) is 4.55. The highest BCUT2D eigenvalue weighted by molar-refractivity contribution is 5.93. The standard InChI is InChI=1S/C26H29N7O3/c1-26(15-34)7-3-19-17(14-27)11-16(12-20(19)26)21-4-8-28-25(30-21)31-23-13-22(32-33(23)2)24(35)29-18-5-9-36-10-6-18/h4,8,11-13,18,34H,3,5-7,9-10,15H2,1-2H3,(H,29,35)(H,28,30,31). The predicted molar refractivity (Wildman–Crippen MR) is 133 cm³/mol. The number of carbonyl (C=O) groups excluding carboxylic acids is 1. The Balaban J connectivity index is 1.38. The zero-order valence-corrected chi connectivity index (χ0v) is 20.4. The van der Waals surface area contributed by atoms with Crippen molar-refractivity contribution in [3.63, 3.8) is 0 Å². The van der Waals surface area contributed by atoms with Gasteiger partial charge >= 0.3 is 0 Å². The molecule has 1 unspecified atom stereocenters. The van der Waals surface area contributed by atoms with Crippen molar-refractivity contribution in [3.05, 3.63) is 52.8 Å². The van der Waals surface area contributed by atoms with Gasteiger partial charge in [-0.2, -0.15) is 10.4 Å². The molecule has 1 aromatic carbocycles. The molecule has 2 aliphatic rings. The Bertz CT molecular complexity index is 1340.